The van der Waals surface area contributed by atoms with Crippen molar-refractivity contribution in [3.8, 4) is 6.07 Å². The summed E-state index contributed by atoms with van der Waals surface area (Å²) in [6.07, 6.45) is 1.61. The third-order valence-electron chi connectivity index (χ3n) is 3.48. The summed E-state index contributed by atoms with van der Waals surface area (Å²) >= 11 is 0. The van der Waals surface area contributed by atoms with E-state index >= 15 is 0 Å². The minimum atomic E-state index is -0.398. The standard InChI is InChI=1S/C15H20N4O2/c1-11(2)13(15(20)19-6-8-21-9-7-19)18-14-12(10-16)4-3-5-17-14/h3-5,11,13H,6-9H2,1-2H3,(H,17,18). The molecule has 1 atom stereocenters. The van der Waals surface area contributed by atoms with E-state index in [4.69, 9.17) is 10.00 Å². The summed E-state index contributed by atoms with van der Waals surface area (Å²) in [5.74, 6) is 0.581. The van der Waals surface area contributed by atoms with Crippen LogP contribution in [0.25, 0.3) is 0 Å². The van der Waals surface area contributed by atoms with E-state index in [1.165, 1.54) is 0 Å². The van der Waals surface area contributed by atoms with Crippen LogP contribution >= 0.6 is 0 Å². The predicted octanol–water partition coefficient (Wildman–Crippen LogP) is 1.25. The van der Waals surface area contributed by atoms with E-state index in [1.54, 1.807) is 23.2 Å². The maximum absolute atomic E-state index is 12.6. The number of carbonyl (C=O) groups excluding carboxylic acids is 1. The quantitative estimate of drug-likeness (QED) is 0.902. The number of nitrogens with one attached hydrogen (secondary N) is 1. The van der Waals surface area contributed by atoms with E-state index < -0.39 is 6.04 Å². The number of amides is 1. The number of hydrogen-bond donors (Lipinski definition) is 1. The van der Waals surface area contributed by atoms with Crippen LogP contribution in [-0.4, -0.2) is 48.1 Å². The van der Waals surface area contributed by atoms with Crippen LogP contribution in [-0.2, 0) is 9.53 Å². The molecule has 1 amide bonds. The number of carbonyl (C=O) groups is 1. The molecular formula is C15H20N4O2. The monoisotopic (exact) mass is 288 g/mol. The van der Waals surface area contributed by atoms with E-state index in [1.807, 2.05) is 13.8 Å². The van der Waals surface area contributed by atoms with Gasteiger partial charge >= 0.3 is 0 Å². The molecule has 0 bridgehead atoms. The van der Waals surface area contributed by atoms with Crippen LogP contribution in [0, 0.1) is 17.2 Å². The number of morpholine rings is 1. The van der Waals surface area contributed by atoms with Gasteiger partial charge in [-0.15, -0.1) is 0 Å². The normalized spacial score (nSPS) is 16.4. The highest BCUT2D eigenvalue weighted by molar-refractivity contribution is 5.85. The van der Waals surface area contributed by atoms with Crippen molar-refractivity contribution in [1.29, 1.82) is 5.26 Å². The second-order valence-corrected chi connectivity index (χ2v) is 5.32. The van der Waals surface area contributed by atoms with Crippen LogP contribution in [0.1, 0.15) is 19.4 Å². The van der Waals surface area contributed by atoms with Crippen molar-refractivity contribution >= 4 is 11.7 Å². The van der Waals surface area contributed by atoms with Crippen molar-refractivity contribution in [1.82, 2.24) is 9.88 Å². The molecule has 0 aromatic carbocycles. The molecule has 1 aliphatic heterocycles. The lowest BCUT2D eigenvalue weighted by Crippen LogP contribution is -2.50. The number of anilines is 1. The van der Waals surface area contributed by atoms with Gasteiger partial charge in [-0.1, -0.05) is 13.8 Å². The molecule has 1 fully saturated rings. The minimum absolute atomic E-state index is 0.0304. The van der Waals surface area contributed by atoms with Crippen molar-refractivity contribution in [2.75, 3.05) is 31.6 Å². The number of hydrogen-bond acceptors (Lipinski definition) is 5. The van der Waals surface area contributed by atoms with Gasteiger partial charge in [0.2, 0.25) is 5.91 Å². The summed E-state index contributed by atoms with van der Waals surface area (Å²) in [4.78, 5) is 18.6. The van der Waals surface area contributed by atoms with Crippen LogP contribution in [0.5, 0.6) is 0 Å². The summed E-state index contributed by atoms with van der Waals surface area (Å²) in [6, 6.07) is 5.08. The SMILES string of the molecule is CC(C)C(Nc1ncccc1C#N)C(=O)N1CCOCC1. The van der Waals surface area contributed by atoms with Crippen LogP contribution in [0.2, 0.25) is 0 Å². The zero-order valence-electron chi connectivity index (χ0n) is 12.4. The van der Waals surface area contributed by atoms with Gasteiger partial charge in [-0.05, 0) is 18.1 Å². The highest BCUT2D eigenvalue weighted by Gasteiger charge is 2.28. The van der Waals surface area contributed by atoms with E-state index in [2.05, 4.69) is 16.4 Å². The molecule has 0 saturated carbocycles. The van der Waals surface area contributed by atoms with Gasteiger partial charge in [0.1, 0.15) is 17.9 Å². The van der Waals surface area contributed by atoms with Gasteiger partial charge in [0.05, 0.1) is 18.8 Å². The highest BCUT2D eigenvalue weighted by Crippen LogP contribution is 2.17. The molecule has 0 spiro atoms. The molecule has 1 aromatic rings. The Hall–Kier alpha value is -2.13. The Morgan fingerprint density at radius 3 is 2.81 bits per heavy atom. The smallest absolute Gasteiger partial charge is 0.245 e. The van der Waals surface area contributed by atoms with Crippen molar-refractivity contribution in [3.63, 3.8) is 0 Å². The van der Waals surface area contributed by atoms with Gasteiger partial charge in [-0.2, -0.15) is 5.26 Å². The van der Waals surface area contributed by atoms with Crippen LogP contribution in [0.15, 0.2) is 18.3 Å². The van der Waals surface area contributed by atoms with E-state index in [0.29, 0.717) is 37.7 Å². The second-order valence-electron chi connectivity index (χ2n) is 5.32. The van der Waals surface area contributed by atoms with E-state index in [0.717, 1.165) is 0 Å². The lowest BCUT2D eigenvalue weighted by atomic mass is 10.0. The fraction of sp³-hybridized carbons (Fsp3) is 0.533. The minimum Gasteiger partial charge on any atom is -0.378 e. The summed E-state index contributed by atoms with van der Waals surface area (Å²) < 4.78 is 5.28. The Morgan fingerprint density at radius 1 is 1.48 bits per heavy atom. The van der Waals surface area contributed by atoms with Crippen molar-refractivity contribution in [2.45, 2.75) is 19.9 Å². The van der Waals surface area contributed by atoms with Crippen molar-refractivity contribution in [3.05, 3.63) is 23.9 Å². The van der Waals surface area contributed by atoms with Crippen molar-refractivity contribution < 1.29 is 9.53 Å². The average molecular weight is 288 g/mol. The van der Waals surface area contributed by atoms with Crippen LogP contribution in [0.4, 0.5) is 5.82 Å². The van der Waals surface area contributed by atoms with Gasteiger partial charge in [0.25, 0.3) is 0 Å². The largest absolute Gasteiger partial charge is 0.378 e. The first kappa shape index (κ1) is 15.3. The zero-order valence-corrected chi connectivity index (χ0v) is 12.4. The van der Waals surface area contributed by atoms with Gasteiger partial charge in [-0.3, -0.25) is 4.79 Å². The third kappa shape index (κ3) is 3.70. The average Bonchev–Trinajstić information content (AvgIpc) is 2.53. The first-order chi connectivity index (χ1) is 10.1. The Balaban J connectivity index is 2.15. The number of nitriles is 1. The first-order valence-electron chi connectivity index (χ1n) is 7.11. The van der Waals surface area contributed by atoms with E-state index in [-0.39, 0.29) is 11.8 Å². The molecule has 1 unspecified atom stereocenters. The molecule has 0 radical (unpaired) electrons. The number of ether oxygens (including phenoxy) is 1. The summed E-state index contributed by atoms with van der Waals surface area (Å²) in [5.41, 5.74) is 0.443. The molecule has 1 aromatic heterocycles. The summed E-state index contributed by atoms with van der Waals surface area (Å²) in [5, 5.41) is 12.2. The molecule has 6 heteroatoms. The summed E-state index contributed by atoms with van der Waals surface area (Å²) in [6.45, 7) is 6.32. The topological polar surface area (TPSA) is 78.2 Å². The molecule has 1 N–H and O–H groups in total. The number of nitrogens with zero attached hydrogens (tertiary/aromatic N) is 3. The van der Waals surface area contributed by atoms with Crippen LogP contribution in [0.3, 0.4) is 0 Å². The summed E-state index contributed by atoms with van der Waals surface area (Å²) in [7, 11) is 0. The maximum atomic E-state index is 12.6. The van der Waals surface area contributed by atoms with Gasteiger partial charge in [0.15, 0.2) is 0 Å². The molecule has 1 aliphatic rings. The van der Waals surface area contributed by atoms with Crippen molar-refractivity contribution in [2.24, 2.45) is 5.92 Å². The van der Waals surface area contributed by atoms with Gasteiger partial charge in [-0.25, -0.2) is 4.98 Å². The lowest BCUT2D eigenvalue weighted by molar-refractivity contribution is -0.137. The number of rotatable bonds is 4. The number of pyridine rings is 1. The molecule has 2 heterocycles. The molecule has 0 aliphatic carbocycles. The Kier molecular flexibility index (Phi) is 5.12. The number of aromatic nitrogens is 1. The molecule has 112 valence electrons. The molecule has 2 rings (SSSR count). The van der Waals surface area contributed by atoms with Crippen LogP contribution < -0.4 is 5.32 Å². The fourth-order valence-electron chi connectivity index (χ4n) is 2.25. The molecule has 1 saturated heterocycles. The van der Waals surface area contributed by atoms with Gasteiger partial charge < -0.3 is 15.0 Å². The Morgan fingerprint density at radius 2 is 2.19 bits per heavy atom. The first-order valence-corrected chi connectivity index (χ1v) is 7.11. The Labute approximate surface area is 124 Å². The molecular weight excluding hydrogens is 268 g/mol. The highest BCUT2D eigenvalue weighted by atomic mass is 16.5. The molecule has 21 heavy (non-hydrogen) atoms. The van der Waals surface area contributed by atoms with E-state index in [9.17, 15) is 4.79 Å². The molecule has 6 nitrogen and oxygen atoms in total. The van der Waals surface area contributed by atoms with Gasteiger partial charge in [0, 0.05) is 19.3 Å². The lowest BCUT2D eigenvalue weighted by Gasteiger charge is -2.32. The fourth-order valence-corrected chi connectivity index (χ4v) is 2.25. The predicted molar refractivity (Wildman–Crippen MR) is 78.6 cm³/mol. The second kappa shape index (κ2) is 7.04. The Bertz CT molecular complexity index is 533. The third-order valence-corrected chi connectivity index (χ3v) is 3.48. The zero-order chi connectivity index (χ0) is 15.2. The maximum Gasteiger partial charge on any atom is 0.245 e.